The molecule has 10 heteroatoms. The lowest BCUT2D eigenvalue weighted by Crippen LogP contribution is -2.35. The molecule has 0 radical (unpaired) electrons. The number of aromatic nitrogens is 1. The maximum Gasteiger partial charge on any atom is 0.325 e. The quantitative estimate of drug-likeness (QED) is 0.0893. The van der Waals surface area contributed by atoms with Gasteiger partial charge in [-0.1, -0.05) is 30.3 Å². The van der Waals surface area contributed by atoms with Gasteiger partial charge in [-0.25, -0.2) is 0 Å². The first-order chi connectivity index (χ1) is 20.9. The van der Waals surface area contributed by atoms with Gasteiger partial charge in [0.2, 0.25) is 0 Å². The number of nitrogens with zero attached hydrogens (tertiary/aromatic N) is 3. The van der Waals surface area contributed by atoms with Crippen LogP contribution in [0.1, 0.15) is 18.9 Å². The molecule has 0 N–H and O–H groups in total. The number of amides is 1. The molecule has 222 valence electrons. The Kier molecular flexibility index (Phi) is 9.26. The third-order valence-corrected chi connectivity index (χ3v) is 7.44. The molecule has 2 heterocycles. The number of aryl methyl sites for hydroxylation is 1. The Morgan fingerprint density at radius 2 is 1.65 bits per heavy atom. The molecule has 0 spiro atoms. The van der Waals surface area contributed by atoms with Gasteiger partial charge in [0.25, 0.3) is 5.91 Å². The number of rotatable bonds is 12. The summed E-state index contributed by atoms with van der Waals surface area (Å²) < 4.78 is 23.9. The smallest absolute Gasteiger partial charge is 0.325 e. The van der Waals surface area contributed by atoms with Crippen LogP contribution in [0, 0.1) is 0 Å². The van der Waals surface area contributed by atoms with Crippen LogP contribution in [0.4, 0.5) is 5.69 Å². The topological polar surface area (TPSA) is 82.5 Å². The Morgan fingerprint density at radius 1 is 0.930 bits per heavy atom. The van der Waals surface area contributed by atoms with E-state index in [1.165, 1.54) is 16.9 Å². The van der Waals surface area contributed by atoms with Crippen LogP contribution in [0.3, 0.4) is 0 Å². The fraction of sp³-hybridized carbons (Fsp3) is 0.242. The predicted molar refractivity (Wildman–Crippen MR) is 169 cm³/mol. The van der Waals surface area contributed by atoms with E-state index < -0.39 is 5.97 Å². The fourth-order valence-electron chi connectivity index (χ4n) is 4.99. The van der Waals surface area contributed by atoms with E-state index in [0.717, 1.165) is 22.9 Å². The Balaban J connectivity index is 1.43. The van der Waals surface area contributed by atoms with Crippen LogP contribution < -0.4 is 19.1 Å². The average molecular weight is 600 g/mol. The highest BCUT2D eigenvalue weighted by Gasteiger charge is 2.40. The second kappa shape index (κ2) is 13.4. The molecule has 43 heavy (non-hydrogen) atoms. The fourth-order valence-corrected chi connectivity index (χ4v) is 5.34. The number of methoxy groups -OCH3 is 2. The van der Waals surface area contributed by atoms with Crippen molar-refractivity contribution < 1.29 is 28.5 Å². The maximum atomic E-state index is 13.9. The van der Waals surface area contributed by atoms with Crippen LogP contribution in [0.5, 0.6) is 17.2 Å². The maximum absolute atomic E-state index is 13.9. The molecule has 0 aliphatic carbocycles. The van der Waals surface area contributed by atoms with E-state index in [1.54, 1.807) is 37.5 Å². The standard InChI is InChI=1S/C33H33N3O6S/c1-4-41-25-16-14-24(15-17-25)36-32(38)28(35(33(36)43)22-31(37)40-3)20-23-21-34(27-11-6-5-10-26(23)27)18-9-19-42-30-13-8-7-12-29(30)39-2/h5-8,10-17,20-21H,4,9,18-19,22H2,1-3H3/b28-20-. The van der Waals surface area contributed by atoms with Crippen molar-refractivity contribution in [3.63, 3.8) is 0 Å². The van der Waals surface area contributed by atoms with E-state index in [0.29, 0.717) is 42.7 Å². The lowest BCUT2D eigenvalue weighted by molar-refractivity contribution is -0.140. The summed E-state index contributed by atoms with van der Waals surface area (Å²) in [7, 11) is 2.93. The van der Waals surface area contributed by atoms with Crippen molar-refractivity contribution in [2.45, 2.75) is 19.9 Å². The minimum Gasteiger partial charge on any atom is -0.494 e. The first-order valence-electron chi connectivity index (χ1n) is 14.0. The number of esters is 1. The molecule has 0 unspecified atom stereocenters. The van der Waals surface area contributed by atoms with Crippen LogP contribution in [-0.4, -0.2) is 60.4 Å². The number of carbonyl (C=O) groups excluding carboxylic acids is 2. The normalized spacial score (nSPS) is 14.1. The summed E-state index contributed by atoms with van der Waals surface area (Å²) in [4.78, 5) is 29.2. The monoisotopic (exact) mass is 599 g/mol. The molecule has 1 aliphatic heterocycles. The van der Waals surface area contributed by atoms with Crippen LogP contribution in [-0.2, 0) is 20.9 Å². The molecule has 0 bridgehead atoms. The van der Waals surface area contributed by atoms with Gasteiger partial charge >= 0.3 is 5.97 Å². The highest BCUT2D eigenvalue weighted by molar-refractivity contribution is 7.80. The third kappa shape index (κ3) is 6.34. The van der Waals surface area contributed by atoms with E-state index in [4.69, 9.17) is 31.2 Å². The van der Waals surface area contributed by atoms with Crippen molar-refractivity contribution in [1.29, 1.82) is 0 Å². The molecule has 1 fully saturated rings. The van der Waals surface area contributed by atoms with Crippen LogP contribution in [0.2, 0.25) is 0 Å². The van der Waals surface area contributed by atoms with E-state index in [2.05, 4.69) is 4.57 Å². The average Bonchev–Trinajstić information content (AvgIpc) is 3.49. The summed E-state index contributed by atoms with van der Waals surface area (Å²) in [5, 5.41) is 1.17. The first kappa shape index (κ1) is 29.7. The summed E-state index contributed by atoms with van der Waals surface area (Å²) in [6.45, 7) is 3.43. The lowest BCUT2D eigenvalue weighted by Gasteiger charge is -2.19. The zero-order chi connectivity index (χ0) is 30.3. The molecular weight excluding hydrogens is 566 g/mol. The molecule has 1 amide bonds. The number of para-hydroxylation sites is 3. The van der Waals surface area contributed by atoms with Crippen molar-refractivity contribution in [1.82, 2.24) is 9.47 Å². The summed E-state index contributed by atoms with van der Waals surface area (Å²) in [6.07, 6.45) is 4.54. The number of carbonyl (C=O) groups is 2. The number of hydrogen-bond acceptors (Lipinski definition) is 7. The Labute approximate surface area is 255 Å². The molecule has 1 saturated heterocycles. The van der Waals surface area contributed by atoms with Gasteiger partial charge in [0.1, 0.15) is 18.0 Å². The molecule has 4 aromatic rings. The van der Waals surface area contributed by atoms with Gasteiger partial charge in [-0.15, -0.1) is 0 Å². The highest BCUT2D eigenvalue weighted by Crippen LogP contribution is 2.32. The zero-order valence-electron chi connectivity index (χ0n) is 24.3. The molecule has 9 nitrogen and oxygen atoms in total. The summed E-state index contributed by atoms with van der Waals surface area (Å²) in [5.74, 6) is 1.24. The first-order valence-corrected chi connectivity index (χ1v) is 14.4. The van der Waals surface area contributed by atoms with Crippen LogP contribution in [0.15, 0.2) is 84.7 Å². The van der Waals surface area contributed by atoms with E-state index in [9.17, 15) is 9.59 Å². The van der Waals surface area contributed by atoms with Gasteiger partial charge in [-0.3, -0.25) is 14.5 Å². The highest BCUT2D eigenvalue weighted by atomic mass is 32.1. The molecule has 0 atom stereocenters. The second-order valence-electron chi connectivity index (χ2n) is 9.69. The van der Waals surface area contributed by atoms with E-state index >= 15 is 0 Å². The van der Waals surface area contributed by atoms with Gasteiger partial charge in [0.15, 0.2) is 16.6 Å². The van der Waals surface area contributed by atoms with Gasteiger partial charge in [0.05, 0.1) is 33.1 Å². The number of fused-ring (bicyclic) bond motifs is 1. The number of hydrogen-bond donors (Lipinski definition) is 0. The number of benzene rings is 3. The predicted octanol–water partition coefficient (Wildman–Crippen LogP) is 5.67. The van der Waals surface area contributed by atoms with Crippen LogP contribution >= 0.6 is 12.2 Å². The number of ether oxygens (including phenoxy) is 4. The number of anilines is 1. The molecular formula is C33H33N3O6S. The van der Waals surface area contributed by atoms with Crippen molar-refractivity contribution in [2.24, 2.45) is 0 Å². The molecule has 0 saturated carbocycles. The van der Waals surface area contributed by atoms with Crippen molar-refractivity contribution in [3.8, 4) is 17.2 Å². The van der Waals surface area contributed by atoms with Gasteiger partial charge < -0.3 is 28.4 Å². The van der Waals surface area contributed by atoms with Crippen molar-refractivity contribution >= 4 is 51.9 Å². The Hall–Kier alpha value is -4.83. The molecule has 5 rings (SSSR count). The minimum atomic E-state index is -0.507. The van der Waals surface area contributed by atoms with E-state index in [1.807, 2.05) is 61.7 Å². The zero-order valence-corrected chi connectivity index (χ0v) is 25.1. The molecule has 1 aliphatic rings. The van der Waals surface area contributed by atoms with Gasteiger partial charge in [-0.2, -0.15) is 0 Å². The van der Waals surface area contributed by atoms with Crippen molar-refractivity contribution in [3.05, 3.63) is 90.3 Å². The van der Waals surface area contributed by atoms with Crippen molar-refractivity contribution in [2.75, 3.05) is 38.9 Å². The van der Waals surface area contributed by atoms with Crippen LogP contribution in [0.25, 0.3) is 17.0 Å². The second-order valence-corrected chi connectivity index (χ2v) is 10.1. The van der Waals surface area contributed by atoms with Gasteiger partial charge in [-0.05, 0) is 74.1 Å². The molecule has 1 aromatic heterocycles. The summed E-state index contributed by atoms with van der Waals surface area (Å²) >= 11 is 5.72. The summed E-state index contributed by atoms with van der Waals surface area (Å²) in [6, 6.07) is 22.7. The molecule has 3 aromatic carbocycles. The summed E-state index contributed by atoms with van der Waals surface area (Å²) in [5.41, 5.74) is 2.71. The lowest BCUT2D eigenvalue weighted by atomic mass is 10.1. The van der Waals surface area contributed by atoms with Gasteiger partial charge in [0, 0.05) is 29.2 Å². The SMILES string of the molecule is CCOc1ccc(N2C(=O)/C(=C/c3cn(CCCOc4ccccc4OC)c4ccccc34)N(CC(=O)OC)C2=S)cc1. The minimum absolute atomic E-state index is 0.195. The Bertz CT molecular complexity index is 1660. The third-order valence-electron chi connectivity index (χ3n) is 7.04. The van der Waals surface area contributed by atoms with E-state index in [-0.39, 0.29) is 23.3 Å². The largest absolute Gasteiger partial charge is 0.494 e. The Morgan fingerprint density at radius 3 is 2.37 bits per heavy atom. The number of thiocarbonyl (C=S) groups is 1.